The molecule has 0 radical (unpaired) electrons. The summed E-state index contributed by atoms with van der Waals surface area (Å²) in [5.41, 5.74) is -0.361. The highest BCUT2D eigenvalue weighted by Gasteiger charge is 2.25. The van der Waals surface area contributed by atoms with Gasteiger partial charge in [-0.05, 0) is 45.0 Å². The van der Waals surface area contributed by atoms with E-state index in [1.165, 1.54) is 12.1 Å². The highest BCUT2D eigenvalue weighted by Crippen LogP contribution is 2.37. The first-order valence-electron chi connectivity index (χ1n) is 8.04. The molecule has 27 heavy (non-hydrogen) atoms. The fourth-order valence-electron chi connectivity index (χ4n) is 2.53. The smallest absolute Gasteiger partial charge is 0.294 e. The molecule has 0 aromatic heterocycles. The predicted octanol–water partition coefficient (Wildman–Crippen LogP) is 3.14. The van der Waals surface area contributed by atoms with Crippen LogP contribution in [0.1, 0.15) is 20.8 Å². The molecule has 10 heteroatoms. The van der Waals surface area contributed by atoms with Crippen LogP contribution in [0, 0.1) is 10.1 Å². The van der Waals surface area contributed by atoms with Crippen LogP contribution in [0.5, 0.6) is 11.5 Å². The molecule has 1 heterocycles. The second kappa shape index (κ2) is 6.71. The van der Waals surface area contributed by atoms with E-state index in [0.717, 1.165) is 6.07 Å². The third-order valence-electron chi connectivity index (χ3n) is 3.57. The average Bonchev–Trinajstić information content (AvgIpc) is 3.00. The molecule has 0 unspecified atom stereocenters. The zero-order valence-corrected chi connectivity index (χ0v) is 15.8. The number of nitrogens with one attached hydrogen (secondary N) is 2. The fraction of sp³-hybridized carbons (Fsp3) is 0.294. The Hall–Kier alpha value is -2.85. The highest BCUT2D eigenvalue weighted by molar-refractivity contribution is 7.89. The second-order valence-corrected chi connectivity index (χ2v) is 8.67. The van der Waals surface area contributed by atoms with Crippen LogP contribution in [0.2, 0.25) is 0 Å². The summed E-state index contributed by atoms with van der Waals surface area (Å²) in [5.74, 6) is 1.11. The number of hydrogen-bond acceptors (Lipinski definition) is 7. The molecule has 0 saturated carbocycles. The quantitative estimate of drug-likeness (QED) is 0.591. The number of hydrogen-bond donors (Lipinski definition) is 2. The molecule has 2 aromatic rings. The molecule has 0 fully saturated rings. The normalized spacial score (nSPS) is 13.4. The van der Waals surface area contributed by atoms with Crippen LogP contribution in [0.4, 0.5) is 17.1 Å². The van der Waals surface area contributed by atoms with Gasteiger partial charge in [-0.25, -0.2) is 13.1 Å². The summed E-state index contributed by atoms with van der Waals surface area (Å²) >= 11 is 0. The third kappa shape index (κ3) is 4.29. The van der Waals surface area contributed by atoms with Crippen molar-refractivity contribution in [3.05, 3.63) is 46.5 Å². The number of nitro groups is 1. The molecule has 0 saturated heterocycles. The van der Waals surface area contributed by atoms with E-state index in [0.29, 0.717) is 17.2 Å². The van der Waals surface area contributed by atoms with Crippen molar-refractivity contribution in [2.24, 2.45) is 0 Å². The summed E-state index contributed by atoms with van der Waals surface area (Å²) in [6.45, 7) is 5.18. The van der Waals surface area contributed by atoms with Crippen LogP contribution in [0.25, 0.3) is 0 Å². The van der Waals surface area contributed by atoms with Crippen molar-refractivity contribution in [2.75, 3.05) is 12.1 Å². The van der Waals surface area contributed by atoms with E-state index in [1.54, 1.807) is 39.0 Å². The van der Waals surface area contributed by atoms with E-state index in [2.05, 4.69) is 10.0 Å². The van der Waals surface area contributed by atoms with Gasteiger partial charge in [0.1, 0.15) is 5.69 Å². The molecule has 9 nitrogen and oxygen atoms in total. The lowest BCUT2D eigenvalue weighted by atomic mass is 10.1. The van der Waals surface area contributed by atoms with E-state index in [4.69, 9.17) is 9.47 Å². The number of nitro benzene ring substituents is 1. The van der Waals surface area contributed by atoms with E-state index >= 15 is 0 Å². The Bertz CT molecular complexity index is 998. The maximum Gasteiger partial charge on any atom is 0.294 e. The van der Waals surface area contributed by atoms with Gasteiger partial charge in [0.15, 0.2) is 11.5 Å². The van der Waals surface area contributed by atoms with Crippen LogP contribution in [-0.2, 0) is 10.0 Å². The number of anilines is 2. The standard InChI is InChI=1S/C17H19N3O6S/c1-17(2,3)19-27(23,24)12-5-6-13(14(9-12)20(21)22)18-11-4-7-15-16(8-11)26-10-25-15/h4-9,18-19H,10H2,1-3H3. The van der Waals surface area contributed by atoms with Gasteiger partial charge in [-0.1, -0.05) is 0 Å². The number of sulfonamides is 1. The summed E-state index contributed by atoms with van der Waals surface area (Å²) < 4.78 is 37.9. The van der Waals surface area contributed by atoms with E-state index < -0.39 is 20.5 Å². The molecule has 144 valence electrons. The number of nitrogens with zero attached hydrogens (tertiary/aromatic N) is 1. The molecule has 2 N–H and O–H groups in total. The summed E-state index contributed by atoms with van der Waals surface area (Å²) in [6, 6.07) is 8.73. The van der Waals surface area contributed by atoms with E-state index in [9.17, 15) is 18.5 Å². The molecule has 2 aromatic carbocycles. The van der Waals surface area contributed by atoms with Gasteiger partial charge >= 0.3 is 0 Å². The minimum Gasteiger partial charge on any atom is -0.454 e. The summed E-state index contributed by atoms with van der Waals surface area (Å²) in [7, 11) is -3.89. The Morgan fingerprint density at radius 3 is 2.44 bits per heavy atom. The maximum absolute atomic E-state index is 12.4. The molecular weight excluding hydrogens is 374 g/mol. The zero-order valence-electron chi connectivity index (χ0n) is 15.0. The minimum absolute atomic E-state index is 0.117. The lowest BCUT2D eigenvalue weighted by Crippen LogP contribution is -2.40. The van der Waals surface area contributed by atoms with Gasteiger partial charge in [0, 0.05) is 23.4 Å². The van der Waals surface area contributed by atoms with Gasteiger partial charge in [0.2, 0.25) is 16.8 Å². The number of ether oxygens (including phenoxy) is 2. The fourth-order valence-corrected chi connectivity index (χ4v) is 3.97. The molecular formula is C17H19N3O6S. The van der Waals surface area contributed by atoms with Crippen molar-refractivity contribution in [1.29, 1.82) is 0 Å². The second-order valence-electron chi connectivity index (χ2n) is 6.98. The molecule has 0 atom stereocenters. The number of benzene rings is 2. The maximum atomic E-state index is 12.4. The first-order chi connectivity index (χ1) is 12.5. The SMILES string of the molecule is CC(C)(C)NS(=O)(=O)c1ccc(Nc2ccc3c(c2)OCO3)c([N+](=O)[O-])c1. The van der Waals surface area contributed by atoms with Crippen LogP contribution < -0.4 is 19.5 Å². The monoisotopic (exact) mass is 393 g/mol. The highest BCUT2D eigenvalue weighted by atomic mass is 32.2. The lowest BCUT2D eigenvalue weighted by Gasteiger charge is -2.20. The van der Waals surface area contributed by atoms with Crippen molar-refractivity contribution < 1.29 is 22.8 Å². The zero-order chi connectivity index (χ0) is 19.8. The van der Waals surface area contributed by atoms with Gasteiger partial charge in [-0.3, -0.25) is 10.1 Å². The van der Waals surface area contributed by atoms with Crippen molar-refractivity contribution in [3.8, 4) is 11.5 Å². The van der Waals surface area contributed by atoms with Crippen LogP contribution >= 0.6 is 0 Å². The lowest BCUT2D eigenvalue weighted by molar-refractivity contribution is -0.384. The van der Waals surface area contributed by atoms with Gasteiger partial charge in [-0.15, -0.1) is 0 Å². The average molecular weight is 393 g/mol. The molecule has 1 aliphatic rings. The first-order valence-corrected chi connectivity index (χ1v) is 9.53. The predicted molar refractivity (Wildman–Crippen MR) is 99.0 cm³/mol. The van der Waals surface area contributed by atoms with Crippen molar-refractivity contribution >= 4 is 27.1 Å². The third-order valence-corrected chi connectivity index (χ3v) is 5.32. The van der Waals surface area contributed by atoms with Crippen LogP contribution in [-0.4, -0.2) is 25.7 Å². The Labute approximate surface area is 156 Å². The van der Waals surface area contributed by atoms with Gasteiger partial charge in [0.05, 0.1) is 9.82 Å². The van der Waals surface area contributed by atoms with Crippen molar-refractivity contribution in [3.63, 3.8) is 0 Å². The molecule has 0 spiro atoms. The van der Waals surface area contributed by atoms with Gasteiger partial charge in [0.25, 0.3) is 5.69 Å². The molecule has 3 rings (SSSR count). The summed E-state index contributed by atoms with van der Waals surface area (Å²) in [6.07, 6.45) is 0. The Balaban J connectivity index is 1.94. The Kier molecular flexibility index (Phi) is 4.70. The van der Waals surface area contributed by atoms with Crippen molar-refractivity contribution in [2.45, 2.75) is 31.2 Å². The molecule has 1 aliphatic heterocycles. The van der Waals surface area contributed by atoms with Crippen LogP contribution in [0.3, 0.4) is 0 Å². The van der Waals surface area contributed by atoms with E-state index in [1.807, 2.05) is 0 Å². The number of rotatable bonds is 5. The van der Waals surface area contributed by atoms with Crippen molar-refractivity contribution in [1.82, 2.24) is 4.72 Å². The topological polar surface area (TPSA) is 120 Å². The Morgan fingerprint density at radius 2 is 1.78 bits per heavy atom. The Morgan fingerprint density at radius 1 is 1.07 bits per heavy atom. The van der Waals surface area contributed by atoms with Gasteiger partial charge in [-0.2, -0.15) is 0 Å². The van der Waals surface area contributed by atoms with E-state index in [-0.39, 0.29) is 23.1 Å². The molecule has 0 bridgehead atoms. The largest absolute Gasteiger partial charge is 0.454 e. The van der Waals surface area contributed by atoms with Gasteiger partial charge < -0.3 is 14.8 Å². The molecule has 0 amide bonds. The summed E-state index contributed by atoms with van der Waals surface area (Å²) in [5, 5.41) is 14.4. The minimum atomic E-state index is -3.89. The number of fused-ring (bicyclic) bond motifs is 1. The van der Waals surface area contributed by atoms with Crippen LogP contribution in [0.15, 0.2) is 41.3 Å². The summed E-state index contributed by atoms with van der Waals surface area (Å²) in [4.78, 5) is 10.7. The first kappa shape index (κ1) is 18.9. The molecule has 0 aliphatic carbocycles.